The first-order chi connectivity index (χ1) is 13.9. The van der Waals surface area contributed by atoms with E-state index in [2.05, 4.69) is 35.5 Å². The van der Waals surface area contributed by atoms with Crippen molar-refractivity contribution in [1.82, 2.24) is 10.6 Å². The summed E-state index contributed by atoms with van der Waals surface area (Å²) in [6.45, 7) is 5.51. The summed E-state index contributed by atoms with van der Waals surface area (Å²) in [6, 6.07) is 11.7. The van der Waals surface area contributed by atoms with E-state index in [0.717, 1.165) is 16.1 Å². The van der Waals surface area contributed by atoms with E-state index in [9.17, 15) is 0 Å². The molecule has 0 bridgehead atoms. The number of methoxy groups -OCH3 is 3. The molecule has 0 atom stereocenters. The maximum Gasteiger partial charge on any atom is 0.203 e. The van der Waals surface area contributed by atoms with Crippen molar-refractivity contribution >= 4 is 41.5 Å². The highest BCUT2D eigenvalue weighted by atomic mass is 127. The van der Waals surface area contributed by atoms with Gasteiger partial charge in [-0.15, -0.1) is 24.0 Å². The zero-order valence-electron chi connectivity index (χ0n) is 18.3. The van der Waals surface area contributed by atoms with Crippen LogP contribution in [0.25, 0.3) is 0 Å². The van der Waals surface area contributed by atoms with Gasteiger partial charge >= 0.3 is 0 Å². The number of hydrogen-bond acceptors (Lipinski definition) is 4. The standard InChI is InChI=1S/C22H30ClN3O3.HI/c1-22(2,16-9-7-8-10-17(16)23)14-26-21(24-3)25-13-15-11-18(27-4)20(29-6)19(12-15)28-5;/h7-12H,13-14H2,1-6H3,(H2,24,25,26);1H. The Kier molecular flexibility index (Phi) is 10.6. The molecule has 2 rings (SSSR count). The van der Waals surface area contributed by atoms with Gasteiger partial charge in [0.15, 0.2) is 17.5 Å². The Morgan fingerprint density at radius 2 is 1.60 bits per heavy atom. The number of benzene rings is 2. The molecular formula is C22H31ClIN3O3. The zero-order valence-corrected chi connectivity index (χ0v) is 21.4. The Hall–Kier alpha value is -1.87. The van der Waals surface area contributed by atoms with Gasteiger partial charge in [0, 0.05) is 30.6 Å². The van der Waals surface area contributed by atoms with E-state index in [1.807, 2.05) is 30.3 Å². The van der Waals surface area contributed by atoms with Crippen molar-refractivity contribution in [3.63, 3.8) is 0 Å². The minimum atomic E-state index is -0.164. The summed E-state index contributed by atoms with van der Waals surface area (Å²) >= 11 is 6.37. The van der Waals surface area contributed by atoms with Crippen LogP contribution >= 0.6 is 35.6 Å². The molecule has 0 heterocycles. The summed E-state index contributed by atoms with van der Waals surface area (Å²) in [5.74, 6) is 2.50. The molecule has 0 aromatic heterocycles. The van der Waals surface area contributed by atoms with Gasteiger partial charge in [-0.05, 0) is 29.3 Å². The number of aliphatic imine (C=N–C) groups is 1. The van der Waals surface area contributed by atoms with Gasteiger partial charge in [0.2, 0.25) is 5.75 Å². The third-order valence-corrected chi connectivity index (χ3v) is 5.04. The van der Waals surface area contributed by atoms with E-state index in [0.29, 0.717) is 36.3 Å². The molecule has 166 valence electrons. The van der Waals surface area contributed by atoms with Crippen LogP contribution in [0.4, 0.5) is 0 Å². The Bertz CT molecular complexity index is 834. The van der Waals surface area contributed by atoms with Crippen LogP contribution in [0.5, 0.6) is 17.2 Å². The summed E-state index contributed by atoms with van der Waals surface area (Å²) in [6.07, 6.45) is 0. The van der Waals surface area contributed by atoms with E-state index in [1.54, 1.807) is 28.4 Å². The highest BCUT2D eigenvalue weighted by molar-refractivity contribution is 14.0. The lowest BCUT2D eigenvalue weighted by molar-refractivity contribution is 0.323. The number of guanidine groups is 1. The molecule has 0 saturated heterocycles. The number of rotatable bonds is 8. The van der Waals surface area contributed by atoms with Gasteiger partial charge in [-0.1, -0.05) is 43.6 Å². The molecule has 0 aliphatic rings. The van der Waals surface area contributed by atoms with E-state index >= 15 is 0 Å². The Morgan fingerprint density at radius 3 is 2.10 bits per heavy atom. The average molecular weight is 548 g/mol. The van der Waals surface area contributed by atoms with Gasteiger partial charge in [-0.25, -0.2) is 0 Å². The second-order valence-corrected chi connectivity index (χ2v) is 7.58. The molecule has 0 fully saturated rings. The Morgan fingerprint density at radius 1 is 1.00 bits per heavy atom. The predicted molar refractivity (Wildman–Crippen MR) is 134 cm³/mol. The average Bonchev–Trinajstić information content (AvgIpc) is 2.73. The Balaban J connectivity index is 0.00000450. The van der Waals surface area contributed by atoms with Crippen LogP contribution in [-0.2, 0) is 12.0 Å². The number of nitrogens with one attached hydrogen (secondary N) is 2. The normalized spacial score (nSPS) is 11.4. The smallest absolute Gasteiger partial charge is 0.203 e. The molecule has 8 heteroatoms. The minimum absolute atomic E-state index is 0. The lowest BCUT2D eigenvalue weighted by Crippen LogP contribution is -2.43. The van der Waals surface area contributed by atoms with Gasteiger partial charge in [0.1, 0.15) is 0 Å². The van der Waals surface area contributed by atoms with E-state index < -0.39 is 0 Å². The maximum absolute atomic E-state index is 6.37. The van der Waals surface area contributed by atoms with Crippen LogP contribution in [0.15, 0.2) is 41.4 Å². The van der Waals surface area contributed by atoms with Crippen molar-refractivity contribution in [3.8, 4) is 17.2 Å². The molecule has 0 unspecified atom stereocenters. The van der Waals surface area contributed by atoms with Crippen molar-refractivity contribution in [3.05, 3.63) is 52.5 Å². The number of ether oxygens (including phenoxy) is 3. The second-order valence-electron chi connectivity index (χ2n) is 7.18. The van der Waals surface area contributed by atoms with E-state index in [-0.39, 0.29) is 29.4 Å². The monoisotopic (exact) mass is 547 g/mol. The van der Waals surface area contributed by atoms with Gasteiger partial charge in [-0.2, -0.15) is 0 Å². The van der Waals surface area contributed by atoms with Crippen LogP contribution < -0.4 is 24.8 Å². The molecule has 0 amide bonds. The molecule has 2 N–H and O–H groups in total. The van der Waals surface area contributed by atoms with Crippen molar-refractivity contribution in [2.45, 2.75) is 25.8 Å². The fourth-order valence-corrected chi connectivity index (χ4v) is 3.45. The van der Waals surface area contributed by atoms with Crippen LogP contribution in [0.2, 0.25) is 5.02 Å². The molecule has 30 heavy (non-hydrogen) atoms. The summed E-state index contributed by atoms with van der Waals surface area (Å²) in [4.78, 5) is 4.32. The van der Waals surface area contributed by atoms with Crippen molar-refractivity contribution in [2.24, 2.45) is 4.99 Å². The van der Waals surface area contributed by atoms with Gasteiger partial charge in [0.05, 0.1) is 21.3 Å². The topological polar surface area (TPSA) is 64.1 Å². The van der Waals surface area contributed by atoms with E-state index in [1.165, 1.54) is 0 Å². The molecule has 0 radical (unpaired) electrons. The molecular weight excluding hydrogens is 517 g/mol. The summed E-state index contributed by atoms with van der Waals surface area (Å²) in [7, 11) is 6.54. The summed E-state index contributed by atoms with van der Waals surface area (Å²) in [5, 5.41) is 7.46. The molecule has 0 spiro atoms. The largest absolute Gasteiger partial charge is 0.493 e. The molecule has 0 aliphatic carbocycles. The van der Waals surface area contributed by atoms with Crippen molar-refractivity contribution in [1.29, 1.82) is 0 Å². The zero-order chi connectivity index (χ0) is 21.4. The SMILES string of the molecule is CN=C(NCc1cc(OC)c(OC)c(OC)c1)NCC(C)(C)c1ccccc1Cl.I. The number of hydrogen-bond donors (Lipinski definition) is 2. The molecule has 2 aromatic carbocycles. The number of nitrogens with zero attached hydrogens (tertiary/aromatic N) is 1. The van der Waals surface area contributed by atoms with Crippen LogP contribution in [0, 0.1) is 0 Å². The van der Waals surface area contributed by atoms with Crippen LogP contribution in [0.1, 0.15) is 25.0 Å². The van der Waals surface area contributed by atoms with Gasteiger partial charge < -0.3 is 24.8 Å². The van der Waals surface area contributed by atoms with Crippen LogP contribution in [-0.4, -0.2) is 40.9 Å². The number of halogens is 2. The molecule has 0 aliphatic heterocycles. The fourth-order valence-electron chi connectivity index (χ4n) is 3.05. The highest BCUT2D eigenvalue weighted by Crippen LogP contribution is 2.38. The lowest BCUT2D eigenvalue weighted by atomic mass is 9.84. The lowest BCUT2D eigenvalue weighted by Gasteiger charge is -2.27. The molecule has 6 nitrogen and oxygen atoms in total. The predicted octanol–water partition coefficient (Wildman–Crippen LogP) is 4.63. The van der Waals surface area contributed by atoms with Gasteiger partial charge in [0.25, 0.3) is 0 Å². The quantitative estimate of drug-likeness (QED) is 0.287. The van der Waals surface area contributed by atoms with Crippen molar-refractivity contribution < 1.29 is 14.2 Å². The first-order valence-electron chi connectivity index (χ1n) is 9.34. The van der Waals surface area contributed by atoms with Crippen molar-refractivity contribution in [2.75, 3.05) is 34.9 Å². The third-order valence-electron chi connectivity index (χ3n) is 4.71. The molecule has 0 saturated carbocycles. The minimum Gasteiger partial charge on any atom is -0.493 e. The summed E-state index contributed by atoms with van der Waals surface area (Å²) < 4.78 is 16.2. The van der Waals surface area contributed by atoms with E-state index in [4.69, 9.17) is 25.8 Å². The summed E-state index contributed by atoms with van der Waals surface area (Å²) in [5.41, 5.74) is 1.91. The van der Waals surface area contributed by atoms with Crippen LogP contribution in [0.3, 0.4) is 0 Å². The first kappa shape index (κ1) is 26.2. The second kappa shape index (κ2) is 12.1. The van der Waals surface area contributed by atoms with Gasteiger partial charge in [-0.3, -0.25) is 4.99 Å². The Labute approximate surface area is 201 Å². The molecule has 2 aromatic rings. The first-order valence-corrected chi connectivity index (χ1v) is 9.72. The maximum atomic E-state index is 6.37. The fraction of sp³-hybridized carbons (Fsp3) is 0.409. The third kappa shape index (κ3) is 6.57. The highest BCUT2D eigenvalue weighted by Gasteiger charge is 2.23.